The highest BCUT2D eigenvalue weighted by molar-refractivity contribution is 7.99. The van der Waals surface area contributed by atoms with Crippen LogP contribution in [0.1, 0.15) is 0 Å². The molecule has 4 rings (SSSR count). The maximum absolute atomic E-state index is 12.6. The van der Waals surface area contributed by atoms with Gasteiger partial charge < -0.3 is 19.3 Å². The fraction of sp³-hybridized carbons (Fsp3) is 0.318. The third-order valence-corrected chi connectivity index (χ3v) is 6.06. The lowest BCUT2D eigenvalue weighted by atomic mass is 10.2. The summed E-state index contributed by atoms with van der Waals surface area (Å²) in [7, 11) is 3.30. The van der Waals surface area contributed by atoms with Gasteiger partial charge >= 0.3 is 0 Å². The third kappa shape index (κ3) is 5.11. The average Bonchev–Trinajstić information content (AvgIpc) is 3.32. The third-order valence-electron chi connectivity index (χ3n) is 5.22. The molecule has 31 heavy (non-hydrogen) atoms. The fourth-order valence-corrected chi connectivity index (χ4v) is 4.11. The Labute approximate surface area is 185 Å². The lowest BCUT2D eigenvalue weighted by Gasteiger charge is -2.36. The molecular formula is C22H25N5O3S. The standard InChI is InChI=1S/C22H25N5O3S/c1-29-18-7-3-16(4-8-18)21-23-22(25-24-21)31-15-20(28)27-13-11-26(12-14-27)17-5-9-19(30-2)10-6-17/h3-10H,11-15H2,1-2H3,(H,23,24,25). The first-order valence-electron chi connectivity index (χ1n) is 10.0. The van der Waals surface area contributed by atoms with E-state index in [0.29, 0.717) is 29.8 Å². The summed E-state index contributed by atoms with van der Waals surface area (Å²) in [4.78, 5) is 21.3. The van der Waals surface area contributed by atoms with E-state index in [-0.39, 0.29) is 5.91 Å². The van der Waals surface area contributed by atoms with Crippen molar-refractivity contribution in [3.8, 4) is 22.9 Å². The lowest BCUT2D eigenvalue weighted by Crippen LogP contribution is -2.49. The zero-order valence-corrected chi connectivity index (χ0v) is 18.4. The minimum atomic E-state index is 0.107. The summed E-state index contributed by atoms with van der Waals surface area (Å²) in [5, 5.41) is 7.72. The average molecular weight is 440 g/mol. The van der Waals surface area contributed by atoms with E-state index in [0.717, 1.165) is 35.8 Å². The van der Waals surface area contributed by atoms with Crippen molar-refractivity contribution >= 4 is 23.4 Å². The summed E-state index contributed by atoms with van der Waals surface area (Å²) in [5.74, 6) is 2.73. The summed E-state index contributed by atoms with van der Waals surface area (Å²) >= 11 is 1.35. The van der Waals surface area contributed by atoms with E-state index in [1.54, 1.807) is 14.2 Å². The molecule has 0 bridgehead atoms. The van der Waals surface area contributed by atoms with Gasteiger partial charge in [-0.15, -0.1) is 5.10 Å². The molecule has 1 aromatic heterocycles. The van der Waals surface area contributed by atoms with Crippen molar-refractivity contribution in [3.05, 3.63) is 48.5 Å². The highest BCUT2D eigenvalue weighted by atomic mass is 32.2. The van der Waals surface area contributed by atoms with Crippen molar-refractivity contribution in [2.45, 2.75) is 5.16 Å². The first-order valence-corrected chi connectivity index (χ1v) is 11.0. The maximum Gasteiger partial charge on any atom is 0.233 e. The van der Waals surface area contributed by atoms with E-state index in [9.17, 15) is 4.79 Å². The molecule has 1 aliphatic heterocycles. The van der Waals surface area contributed by atoms with Crippen LogP contribution in [0.4, 0.5) is 5.69 Å². The van der Waals surface area contributed by atoms with Gasteiger partial charge in [-0.1, -0.05) is 11.8 Å². The molecule has 0 aliphatic carbocycles. The van der Waals surface area contributed by atoms with Gasteiger partial charge in [0, 0.05) is 37.4 Å². The van der Waals surface area contributed by atoms with E-state index in [4.69, 9.17) is 9.47 Å². The Morgan fingerprint density at radius 1 is 0.968 bits per heavy atom. The van der Waals surface area contributed by atoms with Crippen LogP contribution >= 0.6 is 11.8 Å². The van der Waals surface area contributed by atoms with Gasteiger partial charge in [0.1, 0.15) is 11.5 Å². The molecule has 1 saturated heterocycles. The number of carbonyl (C=O) groups is 1. The highest BCUT2D eigenvalue weighted by Gasteiger charge is 2.22. The van der Waals surface area contributed by atoms with Crippen molar-refractivity contribution in [1.82, 2.24) is 20.1 Å². The van der Waals surface area contributed by atoms with Gasteiger partial charge in [-0.25, -0.2) is 4.98 Å². The van der Waals surface area contributed by atoms with E-state index in [2.05, 4.69) is 32.2 Å². The summed E-state index contributed by atoms with van der Waals surface area (Å²) in [5.41, 5.74) is 2.06. The molecule has 162 valence electrons. The zero-order valence-electron chi connectivity index (χ0n) is 17.6. The molecule has 1 fully saturated rings. The highest BCUT2D eigenvalue weighted by Crippen LogP contribution is 2.23. The van der Waals surface area contributed by atoms with Crippen LogP contribution in [0.3, 0.4) is 0 Å². The number of aromatic amines is 1. The Bertz CT molecular complexity index is 999. The predicted octanol–water partition coefficient (Wildman–Crippen LogP) is 2.93. The number of anilines is 1. The van der Waals surface area contributed by atoms with E-state index >= 15 is 0 Å². The molecule has 0 unspecified atom stereocenters. The fourth-order valence-electron chi connectivity index (χ4n) is 3.41. The Morgan fingerprint density at radius 2 is 1.58 bits per heavy atom. The van der Waals surface area contributed by atoms with Gasteiger partial charge in [-0.05, 0) is 48.5 Å². The molecule has 1 aliphatic rings. The molecule has 8 nitrogen and oxygen atoms in total. The predicted molar refractivity (Wildman–Crippen MR) is 121 cm³/mol. The van der Waals surface area contributed by atoms with E-state index in [1.165, 1.54) is 11.8 Å². The van der Waals surface area contributed by atoms with Crippen LogP contribution in [0.2, 0.25) is 0 Å². The molecule has 0 atom stereocenters. The first kappa shape index (κ1) is 21.0. The van der Waals surface area contributed by atoms with Crippen LogP contribution in [0, 0.1) is 0 Å². The van der Waals surface area contributed by atoms with Gasteiger partial charge in [0.15, 0.2) is 5.82 Å². The number of nitrogens with zero attached hydrogens (tertiary/aromatic N) is 4. The molecular weight excluding hydrogens is 414 g/mol. The molecule has 2 heterocycles. The SMILES string of the molecule is COc1ccc(-c2nc(SCC(=O)N3CCN(c4ccc(OC)cc4)CC3)n[nH]2)cc1. The summed E-state index contributed by atoms with van der Waals surface area (Å²) < 4.78 is 10.4. The summed E-state index contributed by atoms with van der Waals surface area (Å²) in [6, 6.07) is 15.6. The van der Waals surface area contributed by atoms with Crippen LogP contribution in [0.25, 0.3) is 11.4 Å². The first-order chi connectivity index (χ1) is 15.2. The van der Waals surface area contributed by atoms with Crippen LogP contribution in [0.15, 0.2) is 53.7 Å². The number of aromatic nitrogens is 3. The van der Waals surface area contributed by atoms with Gasteiger partial charge in [0.05, 0.1) is 20.0 Å². The van der Waals surface area contributed by atoms with E-state index < -0.39 is 0 Å². The number of hydrogen-bond donors (Lipinski definition) is 1. The molecule has 0 saturated carbocycles. The Balaban J connectivity index is 1.26. The second-order valence-corrected chi connectivity index (χ2v) is 7.99. The van der Waals surface area contributed by atoms with Gasteiger partial charge in [0.2, 0.25) is 11.1 Å². The largest absolute Gasteiger partial charge is 0.497 e. The quantitative estimate of drug-likeness (QED) is 0.567. The van der Waals surface area contributed by atoms with Gasteiger partial charge in [-0.3, -0.25) is 9.89 Å². The Kier molecular flexibility index (Phi) is 6.61. The Morgan fingerprint density at radius 3 is 2.19 bits per heavy atom. The van der Waals surface area contributed by atoms with Crippen molar-refractivity contribution < 1.29 is 14.3 Å². The topological polar surface area (TPSA) is 83.6 Å². The monoisotopic (exact) mass is 439 g/mol. The van der Waals surface area contributed by atoms with Crippen molar-refractivity contribution in [3.63, 3.8) is 0 Å². The van der Waals surface area contributed by atoms with Crippen molar-refractivity contribution in [2.24, 2.45) is 0 Å². The second kappa shape index (κ2) is 9.74. The minimum absolute atomic E-state index is 0.107. The number of nitrogens with one attached hydrogen (secondary N) is 1. The number of amides is 1. The smallest absolute Gasteiger partial charge is 0.233 e. The number of piperazine rings is 1. The number of methoxy groups -OCH3 is 2. The van der Waals surface area contributed by atoms with Crippen LogP contribution < -0.4 is 14.4 Å². The minimum Gasteiger partial charge on any atom is -0.497 e. The molecule has 3 aromatic rings. The van der Waals surface area contributed by atoms with Crippen molar-refractivity contribution in [1.29, 1.82) is 0 Å². The van der Waals surface area contributed by atoms with Crippen LogP contribution in [-0.4, -0.2) is 72.1 Å². The number of benzene rings is 2. The summed E-state index contributed by atoms with van der Waals surface area (Å²) in [6.07, 6.45) is 0. The number of thioether (sulfide) groups is 1. The van der Waals surface area contributed by atoms with Crippen LogP contribution in [0.5, 0.6) is 11.5 Å². The van der Waals surface area contributed by atoms with Crippen molar-refractivity contribution in [2.75, 3.05) is 51.1 Å². The number of rotatable bonds is 7. The molecule has 9 heteroatoms. The second-order valence-electron chi connectivity index (χ2n) is 7.05. The lowest BCUT2D eigenvalue weighted by molar-refractivity contribution is -0.128. The van der Waals surface area contributed by atoms with Gasteiger partial charge in [0.25, 0.3) is 0 Å². The number of hydrogen-bond acceptors (Lipinski definition) is 7. The molecule has 1 N–H and O–H groups in total. The normalized spacial score (nSPS) is 13.9. The van der Waals surface area contributed by atoms with E-state index in [1.807, 2.05) is 41.3 Å². The zero-order chi connectivity index (χ0) is 21.6. The molecule has 0 radical (unpaired) electrons. The summed E-state index contributed by atoms with van der Waals surface area (Å²) in [6.45, 7) is 3.03. The number of H-pyrrole nitrogens is 1. The molecule has 1 amide bonds. The maximum atomic E-state index is 12.6. The molecule has 0 spiro atoms. The van der Waals surface area contributed by atoms with Gasteiger partial charge in [-0.2, -0.15) is 0 Å². The Hall–Kier alpha value is -3.20. The molecule has 2 aromatic carbocycles. The number of ether oxygens (including phenoxy) is 2. The van der Waals surface area contributed by atoms with Crippen LogP contribution in [-0.2, 0) is 4.79 Å². The number of carbonyl (C=O) groups excluding carboxylic acids is 1.